The summed E-state index contributed by atoms with van der Waals surface area (Å²) in [5, 5.41) is 0. The lowest BCUT2D eigenvalue weighted by atomic mass is 9.98. The van der Waals surface area contributed by atoms with E-state index in [4.69, 9.17) is 4.74 Å². The third-order valence-electron chi connectivity index (χ3n) is 5.65. The number of hydrogen-bond acceptors (Lipinski definition) is 1. The molecule has 1 aromatic rings. The summed E-state index contributed by atoms with van der Waals surface area (Å²) in [7, 11) is 0. The molecular formula is C29H46F2O. The molecule has 0 aromatic heterocycles. The predicted octanol–water partition coefficient (Wildman–Crippen LogP) is 10.5. The van der Waals surface area contributed by atoms with Crippen LogP contribution < -0.4 is 0 Å². The van der Waals surface area contributed by atoms with E-state index in [1.54, 1.807) is 19.9 Å². The van der Waals surface area contributed by atoms with Crippen LogP contribution in [-0.4, -0.2) is 0 Å². The molecule has 1 aromatic carbocycles. The number of aryl methyl sites for hydroxylation is 1. The molecule has 1 aliphatic rings. The highest BCUT2D eigenvalue weighted by Gasteiger charge is 2.20. The Hall–Kier alpha value is -1.90. The van der Waals surface area contributed by atoms with Crippen molar-refractivity contribution in [2.45, 2.75) is 106 Å². The molecule has 1 unspecified atom stereocenters. The van der Waals surface area contributed by atoms with Gasteiger partial charge in [0.15, 0.2) is 11.7 Å². The van der Waals surface area contributed by atoms with Crippen LogP contribution in [0.2, 0.25) is 0 Å². The summed E-state index contributed by atoms with van der Waals surface area (Å²) in [6.45, 7) is 16.2. The number of benzene rings is 1. The summed E-state index contributed by atoms with van der Waals surface area (Å²) in [5.41, 5.74) is 2.44. The van der Waals surface area contributed by atoms with Crippen molar-refractivity contribution in [3.8, 4) is 0 Å². The maximum absolute atomic E-state index is 14.3. The molecule has 0 aliphatic carbocycles. The molecule has 0 fully saturated rings. The maximum Gasteiger partial charge on any atom is 0.196 e. The Labute approximate surface area is 196 Å². The van der Waals surface area contributed by atoms with Crippen LogP contribution in [0, 0.1) is 12.8 Å². The smallest absolute Gasteiger partial charge is 0.196 e. The van der Waals surface area contributed by atoms with Gasteiger partial charge in [-0.3, -0.25) is 0 Å². The highest BCUT2D eigenvalue weighted by Crippen LogP contribution is 2.33. The van der Waals surface area contributed by atoms with Crippen molar-refractivity contribution < 1.29 is 13.5 Å². The Kier molecular flexibility index (Phi) is 16.6. The zero-order valence-corrected chi connectivity index (χ0v) is 21.7. The Balaban J connectivity index is 0.000000814. The van der Waals surface area contributed by atoms with E-state index in [0.29, 0.717) is 12.0 Å². The highest BCUT2D eigenvalue weighted by molar-refractivity contribution is 5.33. The second-order valence-corrected chi connectivity index (χ2v) is 8.06. The second kappa shape index (κ2) is 17.6. The van der Waals surface area contributed by atoms with Crippen LogP contribution in [0.15, 0.2) is 59.4 Å². The molecule has 1 atom stereocenters. The first-order valence-corrected chi connectivity index (χ1v) is 12.5. The standard InChI is InChI=1S/C19H22F2O.C8H18.C2H6/c1-4-16-19(21)18(20)14(3)7-5-6-8-17(22-16)15-11-9-13(2)10-12-15;1-4-7-8(5-2)6-3;1-2/h5,7,9-12,17H,4,6,8H2,1-3H3;8H,4-7H2,1-3H3;1-2H3/b7-5+,18-14+,19-16-;;. The number of halogens is 2. The molecule has 3 heteroatoms. The van der Waals surface area contributed by atoms with Gasteiger partial charge in [-0.2, -0.15) is 0 Å². The molecule has 0 spiro atoms. The fraction of sp³-hybridized carbons (Fsp3) is 0.586. The molecule has 0 amide bonds. The summed E-state index contributed by atoms with van der Waals surface area (Å²) >= 11 is 0. The van der Waals surface area contributed by atoms with Crippen LogP contribution in [0.4, 0.5) is 8.78 Å². The minimum Gasteiger partial charge on any atom is -0.487 e. The van der Waals surface area contributed by atoms with Crippen molar-refractivity contribution in [1.29, 1.82) is 0 Å². The zero-order chi connectivity index (χ0) is 24.5. The average Bonchev–Trinajstić information content (AvgIpc) is 2.83. The van der Waals surface area contributed by atoms with E-state index in [1.807, 2.05) is 51.1 Å². The molecule has 0 saturated carbocycles. The molecule has 0 saturated heterocycles. The van der Waals surface area contributed by atoms with Gasteiger partial charge < -0.3 is 4.74 Å². The molecule has 1 aliphatic heterocycles. The van der Waals surface area contributed by atoms with E-state index >= 15 is 0 Å². The predicted molar refractivity (Wildman–Crippen MR) is 136 cm³/mol. The minimum atomic E-state index is -0.885. The van der Waals surface area contributed by atoms with E-state index in [-0.39, 0.29) is 11.9 Å². The van der Waals surface area contributed by atoms with Crippen molar-refractivity contribution in [3.05, 3.63) is 70.5 Å². The first-order valence-electron chi connectivity index (χ1n) is 12.5. The molecule has 2 rings (SSSR count). The molecule has 1 nitrogen and oxygen atoms in total. The van der Waals surface area contributed by atoms with Gasteiger partial charge in [-0.15, -0.1) is 0 Å². The molecule has 32 heavy (non-hydrogen) atoms. The van der Waals surface area contributed by atoms with Crippen molar-refractivity contribution in [3.63, 3.8) is 0 Å². The Morgan fingerprint density at radius 1 is 0.938 bits per heavy atom. The molecular weight excluding hydrogens is 402 g/mol. The lowest BCUT2D eigenvalue weighted by molar-refractivity contribution is 0.0970. The van der Waals surface area contributed by atoms with Crippen molar-refractivity contribution in [2.75, 3.05) is 0 Å². The average molecular weight is 449 g/mol. The van der Waals surface area contributed by atoms with Crippen LogP contribution in [0.5, 0.6) is 0 Å². The van der Waals surface area contributed by atoms with Crippen LogP contribution in [0.1, 0.15) is 111 Å². The van der Waals surface area contributed by atoms with Gasteiger partial charge in [0.1, 0.15) is 11.9 Å². The number of rotatable bonds is 6. The second-order valence-electron chi connectivity index (χ2n) is 8.06. The van der Waals surface area contributed by atoms with Crippen LogP contribution in [0.3, 0.4) is 0 Å². The molecule has 0 N–H and O–H groups in total. The zero-order valence-electron chi connectivity index (χ0n) is 21.7. The van der Waals surface area contributed by atoms with E-state index in [9.17, 15) is 8.78 Å². The quantitative estimate of drug-likeness (QED) is 0.420. The van der Waals surface area contributed by atoms with Gasteiger partial charge in [0.05, 0.1) is 0 Å². The lowest BCUT2D eigenvalue weighted by Gasteiger charge is -2.22. The van der Waals surface area contributed by atoms with Gasteiger partial charge in [-0.05, 0) is 43.7 Å². The highest BCUT2D eigenvalue weighted by atomic mass is 19.2. The molecule has 0 radical (unpaired) electrons. The Morgan fingerprint density at radius 3 is 2.00 bits per heavy atom. The third kappa shape index (κ3) is 10.6. The van der Waals surface area contributed by atoms with Gasteiger partial charge >= 0.3 is 0 Å². The van der Waals surface area contributed by atoms with Gasteiger partial charge in [0.2, 0.25) is 0 Å². The fourth-order valence-corrected chi connectivity index (χ4v) is 3.52. The number of ether oxygens (including phenoxy) is 1. The topological polar surface area (TPSA) is 9.23 Å². The maximum atomic E-state index is 14.3. The summed E-state index contributed by atoms with van der Waals surface area (Å²) < 4.78 is 34.2. The minimum absolute atomic E-state index is 0.0812. The van der Waals surface area contributed by atoms with Crippen LogP contribution in [-0.2, 0) is 4.74 Å². The van der Waals surface area contributed by atoms with Crippen molar-refractivity contribution >= 4 is 0 Å². The molecule has 182 valence electrons. The number of allylic oxidation sites excluding steroid dienone is 6. The summed E-state index contributed by atoms with van der Waals surface area (Å²) in [6, 6.07) is 7.98. The van der Waals surface area contributed by atoms with Crippen molar-refractivity contribution in [2.24, 2.45) is 5.92 Å². The Bertz CT molecular complexity index is 709. The first kappa shape index (κ1) is 30.1. The number of hydrogen-bond donors (Lipinski definition) is 0. The van der Waals surface area contributed by atoms with Gasteiger partial charge in [0, 0.05) is 6.42 Å². The monoisotopic (exact) mass is 448 g/mol. The van der Waals surface area contributed by atoms with E-state index in [0.717, 1.165) is 29.9 Å². The summed E-state index contributed by atoms with van der Waals surface area (Å²) in [6.07, 6.45) is 10.5. The Morgan fingerprint density at radius 2 is 1.53 bits per heavy atom. The van der Waals surface area contributed by atoms with Crippen LogP contribution in [0.25, 0.3) is 0 Å². The fourth-order valence-electron chi connectivity index (χ4n) is 3.52. The third-order valence-corrected chi connectivity index (χ3v) is 5.65. The normalized spacial score (nSPS) is 22.2. The van der Waals surface area contributed by atoms with E-state index in [2.05, 4.69) is 20.8 Å². The molecule has 0 bridgehead atoms. The first-order chi connectivity index (χ1) is 15.4. The lowest BCUT2D eigenvalue weighted by Crippen LogP contribution is -2.07. The van der Waals surface area contributed by atoms with Gasteiger partial charge in [0.25, 0.3) is 0 Å². The van der Waals surface area contributed by atoms with Gasteiger partial charge in [-0.1, -0.05) is 109 Å². The van der Waals surface area contributed by atoms with E-state index < -0.39 is 11.7 Å². The van der Waals surface area contributed by atoms with Crippen LogP contribution >= 0.6 is 0 Å². The summed E-state index contributed by atoms with van der Waals surface area (Å²) in [4.78, 5) is 0. The van der Waals surface area contributed by atoms with E-state index in [1.165, 1.54) is 25.7 Å². The SMILES string of the molecule is CC.CCCC(CC)CC.CC\C1=C(F)/C(F)=C(C)\C=C\CCC(c2ccc(C)cc2)O1. The van der Waals surface area contributed by atoms with Gasteiger partial charge in [-0.25, -0.2) is 8.78 Å². The molecule has 1 heterocycles. The largest absolute Gasteiger partial charge is 0.487 e. The van der Waals surface area contributed by atoms with Crippen molar-refractivity contribution in [1.82, 2.24) is 0 Å². The summed E-state index contributed by atoms with van der Waals surface area (Å²) in [5.74, 6) is -0.640.